The summed E-state index contributed by atoms with van der Waals surface area (Å²) in [5.41, 5.74) is 1.64. The Balaban J connectivity index is 1.94. The SMILES string of the molecule is O=C(O)C(Cc1c[nH]c2ccccc12)N1C(=O)CNC1=O. The highest BCUT2D eigenvalue weighted by Crippen LogP contribution is 2.21. The lowest BCUT2D eigenvalue weighted by molar-refractivity contribution is -0.146. The van der Waals surface area contributed by atoms with E-state index in [2.05, 4.69) is 10.3 Å². The van der Waals surface area contributed by atoms with E-state index in [4.69, 9.17) is 0 Å². The van der Waals surface area contributed by atoms with Gasteiger partial charge in [0.05, 0.1) is 6.54 Å². The summed E-state index contributed by atoms with van der Waals surface area (Å²) in [7, 11) is 0. The van der Waals surface area contributed by atoms with Crippen molar-refractivity contribution < 1.29 is 19.5 Å². The summed E-state index contributed by atoms with van der Waals surface area (Å²) in [5.74, 6) is -1.72. The number of aromatic nitrogens is 1. The van der Waals surface area contributed by atoms with Crippen LogP contribution >= 0.6 is 0 Å². The second-order valence-electron chi connectivity index (χ2n) is 4.84. The molecule has 1 saturated heterocycles. The maximum absolute atomic E-state index is 11.7. The minimum atomic E-state index is -1.21. The second kappa shape index (κ2) is 4.93. The molecule has 3 amide bonds. The number of H-pyrrole nitrogens is 1. The van der Waals surface area contributed by atoms with Gasteiger partial charge in [-0.25, -0.2) is 14.5 Å². The Morgan fingerprint density at radius 1 is 1.33 bits per heavy atom. The van der Waals surface area contributed by atoms with Crippen molar-refractivity contribution in [2.75, 3.05) is 6.54 Å². The molecule has 3 N–H and O–H groups in total. The van der Waals surface area contributed by atoms with Crippen LogP contribution in [0.15, 0.2) is 30.5 Å². The highest BCUT2D eigenvalue weighted by Gasteiger charge is 2.39. The number of fused-ring (bicyclic) bond motifs is 1. The summed E-state index contributed by atoms with van der Waals surface area (Å²) < 4.78 is 0. The van der Waals surface area contributed by atoms with Crippen LogP contribution in [-0.4, -0.2) is 45.5 Å². The third-order valence-corrected chi connectivity index (χ3v) is 3.56. The third kappa shape index (κ3) is 2.22. The average molecular weight is 287 g/mol. The predicted octanol–water partition coefficient (Wildman–Crippen LogP) is 0.715. The Morgan fingerprint density at radius 2 is 2.10 bits per heavy atom. The van der Waals surface area contributed by atoms with Gasteiger partial charge in [0, 0.05) is 23.5 Å². The molecule has 7 nitrogen and oxygen atoms in total. The van der Waals surface area contributed by atoms with Crippen molar-refractivity contribution in [2.45, 2.75) is 12.5 Å². The zero-order valence-electron chi connectivity index (χ0n) is 11.0. The molecule has 1 aromatic heterocycles. The Morgan fingerprint density at radius 3 is 2.76 bits per heavy atom. The van der Waals surface area contributed by atoms with Crippen LogP contribution in [0.4, 0.5) is 4.79 Å². The molecule has 2 aromatic rings. The van der Waals surface area contributed by atoms with E-state index in [1.54, 1.807) is 6.20 Å². The first kappa shape index (κ1) is 13.2. The van der Waals surface area contributed by atoms with Crippen molar-refractivity contribution in [3.63, 3.8) is 0 Å². The number of hydrogen-bond donors (Lipinski definition) is 3. The van der Waals surface area contributed by atoms with Crippen LogP contribution in [0.2, 0.25) is 0 Å². The van der Waals surface area contributed by atoms with Crippen LogP contribution in [0.3, 0.4) is 0 Å². The zero-order chi connectivity index (χ0) is 15.0. The van der Waals surface area contributed by atoms with Gasteiger partial charge in [-0.3, -0.25) is 4.79 Å². The Kier molecular flexibility index (Phi) is 3.09. The molecule has 3 rings (SSSR count). The summed E-state index contributed by atoms with van der Waals surface area (Å²) in [6.07, 6.45) is 1.78. The number of imide groups is 1. The van der Waals surface area contributed by atoms with Gasteiger partial charge in [0.15, 0.2) is 0 Å². The number of hydrogen-bond acceptors (Lipinski definition) is 3. The highest BCUT2D eigenvalue weighted by molar-refractivity contribution is 6.05. The molecule has 21 heavy (non-hydrogen) atoms. The van der Waals surface area contributed by atoms with Crippen molar-refractivity contribution in [1.82, 2.24) is 15.2 Å². The van der Waals surface area contributed by atoms with E-state index in [0.717, 1.165) is 21.4 Å². The van der Waals surface area contributed by atoms with Crippen molar-refractivity contribution >= 4 is 28.8 Å². The summed E-state index contributed by atoms with van der Waals surface area (Å²) in [4.78, 5) is 38.6. The summed E-state index contributed by atoms with van der Waals surface area (Å²) in [6.45, 7) is -0.156. The van der Waals surface area contributed by atoms with Crippen LogP contribution in [0.25, 0.3) is 10.9 Å². The first-order valence-electron chi connectivity index (χ1n) is 6.45. The molecule has 0 aliphatic carbocycles. The smallest absolute Gasteiger partial charge is 0.327 e. The molecule has 1 aromatic carbocycles. The standard InChI is InChI=1S/C14H13N3O4/c18-12-7-16-14(21)17(12)11(13(19)20)5-8-6-15-10-4-2-1-3-9(8)10/h1-4,6,11,15H,5,7H2,(H,16,21)(H,19,20). The van der Waals surface area contributed by atoms with Gasteiger partial charge >= 0.3 is 12.0 Å². The van der Waals surface area contributed by atoms with Gasteiger partial charge in [-0.1, -0.05) is 18.2 Å². The number of aliphatic carboxylic acids is 1. The molecule has 0 radical (unpaired) electrons. The van der Waals surface area contributed by atoms with Crippen LogP contribution in [0, 0.1) is 0 Å². The van der Waals surface area contributed by atoms with E-state index >= 15 is 0 Å². The molecular weight excluding hydrogens is 274 g/mol. The van der Waals surface area contributed by atoms with Crippen molar-refractivity contribution in [3.05, 3.63) is 36.0 Å². The molecule has 1 aliphatic rings. The van der Waals surface area contributed by atoms with E-state index in [0.29, 0.717) is 0 Å². The van der Waals surface area contributed by atoms with Crippen LogP contribution in [0.1, 0.15) is 5.56 Å². The fourth-order valence-electron chi connectivity index (χ4n) is 2.55. The number of urea groups is 1. The highest BCUT2D eigenvalue weighted by atomic mass is 16.4. The molecule has 1 aliphatic heterocycles. The lowest BCUT2D eigenvalue weighted by Crippen LogP contribution is -2.46. The topological polar surface area (TPSA) is 102 Å². The minimum absolute atomic E-state index is 0.0680. The minimum Gasteiger partial charge on any atom is -0.480 e. The number of benzene rings is 1. The van der Waals surface area contributed by atoms with Crippen molar-refractivity contribution in [3.8, 4) is 0 Å². The third-order valence-electron chi connectivity index (χ3n) is 3.56. The molecule has 1 atom stereocenters. The normalized spacial score (nSPS) is 16.3. The molecule has 7 heteroatoms. The number of carbonyl (C=O) groups is 3. The second-order valence-corrected chi connectivity index (χ2v) is 4.84. The maximum Gasteiger partial charge on any atom is 0.327 e. The first-order chi connectivity index (χ1) is 10.1. The average Bonchev–Trinajstić information content (AvgIpc) is 3.01. The maximum atomic E-state index is 11.7. The Labute approximate surface area is 119 Å². The molecule has 0 spiro atoms. The number of nitrogens with zero attached hydrogens (tertiary/aromatic N) is 1. The van der Waals surface area contributed by atoms with Crippen LogP contribution in [-0.2, 0) is 16.0 Å². The van der Waals surface area contributed by atoms with E-state index < -0.39 is 23.9 Å². The van der Waals surface area contributed by atoms with E-state index in [1.165, 1.54) is 0 Å². The fourth-order valence-corrected chi connectivity index (χ4v) is 2.55. The molecule has 1 fully saturated rings. The van der Waals surface area contributed by atoms with Gasteiger partial charge < -0.3 is 15.4 Å². The number of carboxylic acids is 1. The largest absolute Gasteiger partial charge is 0.480 e. The Hall–Kier alpha value is -2.83. The monoisotopic (exact) mass is 287 g/mol. The van der Waals surface area contributed by atoms with Crippen molar-refractivity contribution in [2.24, 2.45) is 0 Å². The number of para-hydroxylation sites is 1. The van der Waals surface area contributed by atoms with Crippen LogP contribution < -0.4 is 5.32 Å². The molecule has 1 unspecified atom stereocenters. The van der Waals surface area contributed by atoms with Gasteiger partial charge in [-0.05, 0) is 11.6 Å². The van der Waals surface area contributed by atoms with Gasteiger partial charge in [-0.15, -0.1) is 0 Å². The van der Waals surface area contributed by atoms with Gasteiger partial charge in [0.25, 0.3) is 5.91 Å². The molecule has 0 bridgehead atoms. The zero-order valence-corrected chi connectivity index (χ0v) is 11.0. The van der Waals surface area contributed by atoms with E-state index in [-0.39, 0.29) is 13.0 Å². The van der Waals surface area contributed by atoms with Gasteiger partial charge in [0.2, 0.25) is 0 Å². The number of nitrogens with one attached hydrogen (secondary N) is 2. The predicted molar refractivity (Wildman–Crippen MR) is 73.7 cm³/mol. The summed E-state index contributed by atoms with van der Waals surface area (Å²) >= 11 is 0. The number of aromatic amines is 1. The first-order valence-corrected chi connectivity index (χ1v) is 6.45. The number of amides is 3. The number of carboxylic acid groups (broad SMARTS) is 1. The van der Waals surface area contributed by atoms with E-state index in [9.17, 15) is 19.5 Å². The molecular formula is C14H13N3O4. The van der Waals surface area contributed by atoms with Gasteiger partial charge in [-0.2, -0.15) is 0 Å². The van der Waals surface area contributed by atoms with E-state index in [1.807, 2.05) is 24.3 Å². The fraction of sp³-hybridized carbons (Fsp3) is 0.214. The number of rotatable bonds is 4. The molecule has 108 valence electrons. The molecule has 0 saturated carbocycles. The van der Waals surface area contributed by atoms with Crippen molar-refractivity contribution in [1.29, 1.82) is 0 Å². The summed E-state index contributed by atoms with van der Waals surface area (Å²) in [5, 5.41) is 12.6. The van der Waals surface area contributed by atoms with Gasteiger partial charge in [0.1, 0.15) is 6.04 Å². The number of carbonyl (C=O) groups excluding carboxylic acids is 2. The Bertz CT molecular complexity index is 721. The quantitative estimate of drug-likeness (QED) is 0.721. The lowest BCUT2D eigenvalue weighted by Gasteiger charge is -2.21. The van der Waals surface area contributed by atoms with Crippen LogP contribution in [0.5, 0.6) is 0 Å². The lowest BCUT2D eigenvalue weighted by atomic mass is 10.0. The molecule has 2 heterocycles. The summed E-state index contributed by atoms with van der Waals surface area (Å²) in [6, 6.07) is 5.60.